The molecular formula is C16H21NO2. The minimum atomic E-state index is -0.269. The Kier molecular flexibility index (Phi) is 3.31. The largest absolute Gasteiger partial charge is 0.393 e. The molecule has 1 N–H and O–H groups in total. The maximum atomic E-state index is 12.4. The monoisotopic (exact) mass is 259 g/mol. The number of likely N-dealkylation sites (tertiary alicyclic amines) is 1. The summed E-state index contributed by atoms with van der Waals surface area (Å²) >= 11 is 0. The fourth-order valence-corrected chi connectivity index (χ4v) is 3.65. The van der Waals surface area contributed by atoms with E-state index < -0.39 is 0 Å². The van der Waals surface area contributed by atoms with Gasteiger partial charge in [-0.3, -0.25) is 4.79 Å². The van der Waals surface area contributed by atoms with Crippen molar-refractivity contribution in [3.05, 3.63) is 35.9 Å². The van der Waals surface area contributed by atoms with E-state index in [0.29, 0.717) is 12.5 Å². The normalized spacial score (nSPS) is 32.2. The molecule has 0 aromatic heterocycles. The Morgan fingerprint density at radius 2 is 2.00 bits per heavy atom. The lowest BCUT2D eigenvalue weighted by Gasteiger charge is -2.47. The molecule has 0 unspecified atom stereocenters. The maximum absolute atomic E-state index is 12.4. The van der Waals surface area contributed by atoms with Crippen LogP contribution in [0, 0.1) is 5.92 Å². The Hall–Kier alpha value is -1.35. The molecule has 19 heavy (non-hydrogen) atoms. The van der Waals surface area contributed by atoms with Gasteiger partial charge >= 0.3 is 0 Å². The van der Waals surface area contributed by atoms with Crippen LogP contribution < -0.4 is 0 Å². The van der Waals surface area contributed by atoms with Crippen molar-refractivity contribution in [1.29, 1.82) is 0 Å². The van der Waals surface area contributed by atoms with E-state index in [9.17, 15) is 9.90 Å². The topological polar surface area (TPSA) is 40.5 Å². The smallest absolute Gasteiger partial charge is 0.223 e. The average molecular weight is 259 g/mol. The van der Waals surface area contributed by atoms with Gasteiger partial charge in [-0.2, -0.15) is 0 Å². The molecule has 3 rings (SSSR count). The molecule has 1 amide bonds. The number of piperidine rings is 1. The molecule has 102 valence electrons. The van der Waals surface area contributed by atoms with Crippen LogP contribution in [0.4, 0.5) is 0 Å². The number of rotatable bonds is 2. The van der Waals surface area contributed by atoms with Crippen LogP contribution in [0.1, 0.15) is 44.2 Å². The number of carbonyl (C=O) groups is 1. The lowest BCUT2D eigenvalue weighted by atomic mass is 9.76. The number of amides is 1. The Morgan fingerprint density at radius 3 is 2.74 bits per heavy atom. The van der Waals surface area contributed by atoms with Gasteiger partial charge in [-0.1, -0.05) is 30.3 Å². The first kappa shape index (κ1) is 12.7. The summed E-state index contributed by atoms with van der Waals surface area (Å²) in [5.41, 5.74) is 1.19. The predicted octanol–water partition coefficient (Wildman–Crippen LogP) is 2.51. The number of fused-ring (bicyclic) bond motifs is 2. The average Bonchev–Trinajstić information content (AvgIpc) is 2.43. The van der Waals surface area contributed by atoms with Crippen LogP contribution in [0.25, 0.3) is 0 Å². The van der Waals surface area contributed by atoms with E-state index in [1.807, 2.05) is 18.2 Å². The van der Waals surface area contributed by atoms with Crippen LogP contribution in [0.5, 0.6) is 0 Å². The number of aliphatic hydroxyl groups is 1. The molecule has 3 heteroatoms. The van der Waals surface area contributed by atoms with Gasteiger partial charge in [0, 0.05) is 12.5 Å². The molecule has 1 aromatic carbocycles. The Balaban J connectivity index is 1.82. The van der Waals surface area contributed by atoms with E-state index >= 15 is 0 Å². The van der Waals surface area contributed by atoms with Gasteiger partial charge in [0.25, 0.3) is 0 Å². The second kappa shape index (κ2) is 4.97. The van der Waals surface area contributed by atoms with Crippen molar-refractivity contribution in [2.75, 3.05) is 0 Å². The molecule has 1 aromatic rings. The highest BCUT2D eigenvalue weighted by Crippen LogP contribution is 2.39. The SMILES string of the molecule is C[C@@H](c1ccccc1)N1C(=O)C[C@@H]2C[C@H]1CC[C@@H]2O. The fraction of sp³-hybridized carbons (Fsp3) is 0.562. The molecule has 0 radical (unpaired) electrons. The van der Waals surface area contributed by atoms with Gasteiger partial charge in [-0.05, 0) is 37.7 Å². The summed E-state index contributed by atoms with van der Waals surface area (Å²) in [6, 6.07) is 10.7. The lowest BCUT2D eigenvalue weighted by molar-refractivity contribution is -0.147. The summed E-state index contributed by atoms with van der Waals surface area (Å²) in [5, 5.41) is 9.91. The number of nitrogens with zero attached hydrogens (tertiary/aromatic N) is 1. The Labute approximate surface area is 114 Å². The molecular weight excluding hydrogens is 238 g/mol. The number of aliphatic hydroxyl groups excluding tert-OH is 1. The molecule has 0 spiro atoms. The summed E-state index contributed by atoms with van der Waals surface area (Å²) in [6.07, 6.45) is 2.97. The van der Waals surface area contributed by atoms with Crippen LogP contribution in [0.3, 0.4) is 0 Å². The van der Waals surface area contributed by atoms with E-state index in [2.05, 4.69) is 24.0 Å². The number of benzene rings is 1. The number of hydrogen-bond donors (Lipinski definition) is 1. The highest BCUT2D eigenvalue weighted by Gasteiger charge is 2.42. The first-order valence-corrected chi connectivity index (χ1v) is 7.21. The van der Waals surface area contributed by atoms with Crippen molar-refractivity contribution in [3.63, 3.8) is 0 Å². The fourth-order valence-electron chi connectivity index (χ4n) is 3.65. The highest BCUT2D eigenvalue weighted by molar-refractivity contribution is 5.78. The molecule has 1 saturated heterocycles. The molecule has 1 heterocycles. The minimum absolute atomic E-state index is 0.134. The molecule has 3 nitrogen and oxygen atoms in total. The summed E-state index contributed by atoms with van der Waals surface area (Å²) in [7, 11) is 0. The Bertz CT molecular complexity index is 459. The second-order valence-electron chi connectivity index (χ2n) is 5.89. The van der Waals surface area contributed by atoms with Crippen molar-refractivity contribution >= 4 is 5.91 Å². The van der Waals surface area contributed by atoms with Crippen LogP contribution in [-0.4, -0.2) is 28.1 Å². The van der Waals surface area contributed by atoms with Gasteiger partial charge in [0.1, 0.15) is 0 Å². The third kappa shape index (κ3) is 2.27. The quantitative estimate of drug-likeness (QED) is 0.886. The third-order valence-electron chi connectivity index (χ3n) is 4.73. The van der Waals surface area contributed by atoms with Gasteiger partial charge < -0.3 is 10.0 Å². The third-order valence-corrected chi connectivity index (χ3v) is 4.73. The van der Waals surface area contributed by atoms with Crippen LogP contribution >= 0.6 is 0 Å². The molecule has 2 fully saturated rings. The van der Waals surface area contributed by atoms with Gasteiger partial charge in [-0.15, -0.1) is 0 Å². The van der Waals surface area contributed by atoms with Crippen LogP contribution in [-0.2, 0) is 4.79 Å². The van der Waals surface area contributed by atoms with Crippen LogP contribution in [0.15, 0.2) is 30.3 Å². The standard InChI is InChI=1S/C16H21NO2/c1-11(12-5-3-2-4-6-12)17-14-7-8-15(18)13(9-14)10-16(17)19/h2-6,11,13-15,18H,7-10H2,1H3/t11-,13-,14+,15-/m0/s1. The van der Waals surface area contributed by atoms with Crippen molar-refractivity contribution < 1.29 is 9.90 Å². The van der Waals surface area contributed by atoms with Crippen molar-refractivity contribution in [2.45, 2.75) is 50.8 Å². The van der Waals surface area contributed by atoms with E-state index in [1.54, 1.807) is 0 Å². The first-order chi connectivity index (χ1) is 9.16. The zero-order valence-corrected chi connectivity index (χ0v) is 11.3. The van der Waals surface area contributed by atoms with Gasteiger partial charge in [0.15, 0.2) is 0 Å². The molecule has 1 aliphatic heterocycles. The van der Waals surface area contributed by atoms with Gasteiger partial charge in [-0.25, -0.2) is 0 Å². The second-order valence-corrected chi connectivity index (χ2v) is 5.89. The number of hydrogen-bond acceptors (Lipinski definition) is 2. The van der Waals surface area contributed by atoms with E-state index in [-0.39, 0.29) is 24.0 Å². The van der Waals surface area contributed by atoms with Gasteiger partial charge in [0.05, 0.1) is 12.1 Å². The molecule has 2 aliphatic rings. The van der Waals surface area contributed by atoms with Crippen molar-refractivity contribution in [2.24, 2.45) is 5.92 Å². The van der Waals surface area contributed by atoms with Crippen molar-refractivity contribution in [3.8, 4) is 0 Å². The number of carbonyl (C=O) groups excluding carboxylic acids is 1. The lowest BCUT2D eigenvalue weighted by Crippen LogP contribution is -2.52. The van der Waals surface area contributed by atoms with Gasteiger partial charge in [0.2, 0.25) is 5.91 Å². The first-order valence-electron chi connectivity index (χ1n) is 7.21. The van der Waals surface area contributed by atoms with E-state index in [4.69, 9.17) is 0 Å². The van der Waals surface area contributed by atoms with E-state index in [1.165, 1.54) is 5.56 Å². The summed E-state index contributed by atoms with van der Waals surface area (Å²) in [6.45, 7) is 2.11. The maximum Gasteiger partial charge on any atom is 0.223 e. The minimum Gasteiger partial charge on any atom is -0.393 e. The zero-order valence-electron chi connectivity index (χ0n) is 11.3. The molecule has 1 saturated carbocycles. The van der Waals surface area contributed by atoms with Crippen LogP contribution in [0.2, 0.25) is 0 Å². The summed E-state index contributed by atoms with van der Waals surface area (Å²) < 4.78 is 0. The summed E-state index contributed by atoms with van der Waals surface area (Å²) in [4.78, 5) is 14.4. The molecule has 4 atom stereocenters. The zero-order chi connectivity index (χ0) is 13.4. The van der Waals surface area contributed by atoms with E-state index in [0.717, 1.165) is 19.3 Å². The Morgan fingerprint density at radius 1 is 1.26 bits per heavy atom. The highest BCUT2D eigenvalue weighted by atomic mass is 16.3. The molecule has 2 bridgehead atoms. The predicted molar refractivity (Wildman–Crippen MR) is 73.5 cm³/mol. The van der Waals surface area contributed by atoms with Crippen molar-refractivity contribution in [1.82, 2.24) is 4.90 Å². The molecule has 1 aliphatic carbocycles. The summed E-state index contributed by atoms with van der Waals surface area (Å²) in [5.74, 6) is 0.391.